The predicted octanol–water partition coefficient (Wildman–Crippen LogP) is 5.66. The molecule has 1 aromatic heterocycles. The molecule has 0 spiro atoms. The summed E-state index contributed by atoms with van der Waals surface area (Å²) in [5.41, 5.74) is 1.82. The number of pyridine rings is 1. The van der Waals surface area contributed by atoms with Crippen molar-refractivity contribution < 1.29 is 28.7 Å². The Morgan fingerprint density at radius 1 is 1.06 bits per heavy atom. The van der Waals surface area contributed by atoms with Gasteiger partial charge in [-0.15, -0.1) is 0 Å². The highest BCUT2D eigenvalue weighted by Gasteiger charge is 2.32. The molecular weight excluding hydrogens is 622 g/mol. The third kappa shape index (κ3) is 10.2. The molecule has 1 aromatic carbocycles. The van der Waals surface area contributed by atoms with Gasteiger partial charge in [0.15, 0.2) is 0 Å². The van der Waals surface area contributed by atoms with E-state index < -0.39 is 23.5 Å². The molecule has 3 heterocycles. The van der Waals surface area contributed by atoms with Gasteiger partial charge < -0.3 is 24.6 Å². The Morgan fingerprint density at radius 2 is 1.81 bits per heavy atom. The normalized spacial score (nSPS) is 17.7. The number of nitrogens with one attached hydrogen (secondary N) is 1. The lowest BCUT2D eigenvalue weighted by atomic mass is 9.91. The van der Waals surface area contributed by atoms with Gasteiger partial charge in [-0.1, -0.05) is 17.7 Å². The van der Waals surface area contributed by atoms with E-state index in [-0.39, 0.29) is 24.3 Å². The third-order valence-corrected chi connectivity index (χ3v) is 9.00. The second kappa shape index (κ2) is 16.1. The fraction of sp³-hybridized carbons (Fsp3) is 0.543. The van der Waals surface area contributed by atoms with Crippen LogP contribution in [0, 0.1) is 23.2 Å². The highest BCUT2D eigenvalue weighted by molar-refractivity contribution is 6.31. The van der Waals surface area contributed by atoms with Crippen molar-refractivity contribution in [2.45, 2.75) is 77.4 Å². The average molecular weight is 666 g/mol. The molecule has 2 aliphatic rings. The Balaban J connectivity index is 1.34. The maximum atomic E-state index is 13.6. The van der Waals surface area contributed by atoms with Crippen LogP contribution in [-0.4, -0.2) is 77.6 Å². The number of halogens is 1. The van der Waals surface area contributed by atoms with Crippen LogP contribution in [0.4, 0.5) is 4.79 Å². The van der Waals surface area contributed by atoms with E-state index in [2.05, 4.69) is 16.4 Å². The Labute approximate surface area is 281 Å². The molecule has 3 amide bonds. The van der Waals surface area contributed by atoms with Gasteiger partial charge in [-0.3, -0.25) is 19.4 Å². The molecule has 2 aromatic rings. The number of piperidine rings is 2. The van der Waals surface area contributed by atoms with Crippen LogP contribution in [0.15, 0.2) is 36.7 Å². The molecule has 4 rings (SSSR count). The van der Waals surface area contributed by atoms with Crippen LogP contribution in [-0.2, 0) is 23.9 Å². The zero-order valence-electron chi connectivity index (χ0n) is 27.6. The molecule has 0 saturated carbocycles. The molecule has 47 heavy (non-hydrogen) atoms. The van der Waals surface area contributed by atoms with Crippen molar-refractivity contribution in [1.29, 1.82) is 5.26 Å². The minimum absolute atomic E-state index is 0.0276. The number of nitriles is 1. The highest BCUT2D eigenvalue weighted by Crippen LogP contribution is 2.29. The number of ether oxygens (including phenoxy) is 2. The molecule has 2 atom stereocenters. The summed E-state index contributed by atoms with van der Waals surface area (Å²) in [5.74, 6) is -0.773. The molecule has 0 radical (unpaired) electrons. The van der Waals surface area contributed by atoms with Crippen LogP contribution in [0.25, 0.3) is 11.1 Å². The lowest BCUT2D eigenvalue weighted by Gasteiger charge is -2.35. The first-order chi connectivity index (χ1) is 22.4. The van der Waals surface area contributed by atoms with E-state index >= 15 is 0 Å². The maximum Gasteiger partial charge on any atom is 0.410 e. The summed E-state index contributed by atoms with van der Waals surface area (Å²) in [6.45, 7) is 7.70. The predicted molar refractivity (Wildman–Crippen MR) is 176 cm³/mol. The van der Waals surface area contributed by atoms with E-state index in [0.717, 1.165) is 24.8 Å². The van der Waals surface area contributed by atoms with Gasteiger partial charge >= 0.3 is 12.1 Å². The number of esters is 1. The summed E-state index contributed by atoms with van der Waals surface area (Å²) in [7, 11) is 1.29. The number of rotatable bonds is 9. The molecule has 2 saturated heterocycles. The highest BCUT2D eigenvalue weighted by atomic mass is 35.5. The zero-order chi connectivity index (χ0) is 34.1. The van der Waals surface area contributed by atoms with Crippen molar-refractivity contribution in [1.82, 2.24) is 20.1 Å². The molecular formula is C35H44ClN5O6. The molecule has 2 unspecified atom stereocenters. The number of nitrogens with zero attached hydrogens (tertiary/aromatic N) is 4. The molecule has 0 aliphatic carbocycles. The summed E-state index contributed by atoms with van der Waals surface area (Å²) in [4.78, 5) is 59.3. The summed E-state index contributed by atoms with van der Waals surface area (Å²) < 4.78 is 10.4. The van der Waals surface area contributed by atoms with E-state index in [1.807, 2.05) is 26.8 Å². The van der Waals surface area contributed by atoms with E-state index in [1.165, 1.54) is 7.11 Å². The van der Waals surface area contributed by atoms with Crippen molar-refractivity contribution in [3.63, 3.8) is 0 Å². The third-order valence-electron chi connectivity index (χ3n) is 8.67. The van der Waals surface area contributed by atoms with Crippen molar-refractivity contribution in [3.8, 4) is 17.2 Å². The summed E-state index contributed by atoms with van der Waals surface area (Å²) in [6, 6.07) is 8.26. The van der Waals surface area contributed by atoms with Gasteiger partial charge in [-0.05, 0) is 88.1 Å². The smallest absolute Gasteiger partial charge is 0.410 e. The monoisotopic (exact) mass is 665 g/mol. The topological polar surface area (TPSA) is 142 Å². The first-order valence-corrected chi connectivity index (χ1v) is 16.5. The van der Waals surface area contributed by atoms with E-state index in [0.29, 0.717) is 73.1 Å². The Morgan fingerprint density at radius 3 is 2.49 bits per heavy atom. The van der Waals surface area contributed by atoms with Gasteiger partial charge in [0.2, 0.25) is 11.8 Å². The van der Waals surface area contributed by atoms with Crippen molar-refractivity contribution in [2.75, 3.05) is 33.3 Å². The maximum absolute atomic E-state index is 13.6. The number of hydrogen-bond donors (Lipinski definition) is 1. The van der Waals surface area contributed by atoms with Crippen LogP contribution < -0.4 is 5.32 Å². The number of methoxy groups -OCH3 is 1. The lowest BCUT2D eigenvalue weighted by Crippen LogP contribution is -2.46. The van der Waals surface area contributed by atoms with Gasteiger partial charge in [-0.2, -0.15) is 5.26 Å². The van der Waals surface area contributed by atoms with Gasteiger partial charge in [-0.25, -0.2) is 4.79 Å². The number of amides is 3. The molecule has 0 bridgehead atoms. The van der Waals surface area contributed by atoms with Gasteiger partial charge in [0.1, 0.15) is 11.7 Å². The standard InChI is InChI=1S/C35H44ClN5O6/c1-35(2,3)47-34(45)40-14-11-23(12-15-40)7-10-31(42)41-13-5-6-25(22-41)33(44)39-30(18-32(43)46-4)28-17-27(20-38-21-28)24-8-9-29(36)26(16-24)19-37/h8-9,16-17,20-21,23,25,30H,5-7,10-15,18,22H2,1-4H3,(H,39,44). The quantitative estimate of drug-likeness (QED) is 0.338. The van der Waals surface area contributed by atoms with Crippen LogP contribution in [0.2, 0.25) is 5.02 Å². The first-order valence-electron chi connectivity index (χ1n) is 16.1. The number of aromatic nitrogens is 1. The van der Waals surface area contributed by atoms with Gasteiger partial charge in [0, 0.05) is 50.6 Å². The molecule has 12 heteroatoms. The first kappa shape index (κ1) is 35.7. The van der Waals surface area contributed by atoms with Crippen LogP contribution in [0.1, 0.15) is 82.9 Å². The molecule has 11 nitrogen and oxygen atoms in total. The summed E-state index contributed by atoms with van der Waals surface area (Å²) >= 11 is 6.11. The summed E-state index contributed by atoms with van der Waals surface area (Å²) in [5, 5.41) is 12.7. The Bertz CT molecular complexity index is 1490. The average Bonchev–Trinajstić information content (AvgIpc) is 3.06. The number of hydrogen-bond acceptors (Lipinski definition) is 8. The van der Waals surface area contributed by atoms with Crippen LogP contribution >= 0.6 is 11.6 Å². The van der Waals surface area contributed by atoms with Crippen molar-refractivity contribution in [3.05, 3.63) is 52.8 Å². The molecule has 2 aliphatic heterocycles. The van der Waals surface area contributed by atoms with Gasteiger partial charge in [0.25, 0.3) is 0 Å². The van der Waals surface area contributed by atoms with Crippen LogP contribution in [0.3, 0.4) is 0 Å². The minimum Gasteiger partial charge on any atom is -0.469 e. The number of carbonyl (C=O) groups excluding carboxylic acids is 4. The number of carbonyl (C=O) groups is 4. The van der Waals surface area contributed by atoms with Gasteiger partial charge in [0.05, 0.1) is 36.1 Å². The second-order valence-electron chi connectivity index (χ2n) is 13.3. The fourth-order valence-corrected chi connectivity index (χ4v) is 6.18. The molecule has 1 N–H and O–H groups in total. The molecule has 252 valence electrons. The van der Waals surface area contributed by atoms with E-state index in [1.54, 1.807) is 40.4 Å². The Hall–Kier alpha value is -4.17. The fourth-order valence-electron chi connectivity index (χ4n) is 6.02. The summed E-state index contributed by atoms with van der Waals surface area (Å²) in [6.07, 6.45) is 6.96. The minimum atomic E-state index is -0.706. The van der Waals surface area contributed by atoms with Crippen LogP contribution in [0.5, 0.6) is 0 Å². The SMILES string of the molecule is COC(=O)CC(NC(=O)C1CCCN(C(=O)CCC2CCN(C(=O)OC(C)(C)C)CC2)C1)c1cncc(-c2ccc(Cl)c(C#N)c2)c1. The van der Waals surface area contributed by atoms with Crippen molar-refractivity contribution in [2.24, 2.45) is 11.8 Å². The Kier molecular flexibility index (Phi) is 12.2. The lowest BCUT2D eigenvalue weighted by molar-refractivity contribution is -0.141. The molecule has 2 fully saturated rings. The number of benzene rings is 1. The van der Waals surface area contributed by atoms with E-state index in [9.17, 15) is 24.4 Å². The largest absolute Gasteiger partial charge is 0.469 e. The van der Waals surface area contributed by atoms with Crippen molar-refractivity contribution >= 4 is 35.5 Å². The van der Waals surface area contributed by atoms with E-state index in [4.69, 9.17) is 21.1 Å². The zero-order valence-corrected chi connectivity index (χ0v) is 28.3. The number of likely N-dealkylation sites (tertiary alicyclic amines) is 2. The second-order valence-corrected chi connectivity index (χ2v) is 13.7.